The van der Waals surface area contributed by atoms with Crippen LogP contribution in [0.25, 0.3) is 11.0 Å². The highest BCUT2D eigenvalue weighted by molar-refractivity contribution is 6.34. The number of fused-ring (bicyclic) bond motifs is 1. The molecule has 2 aromatic rings. The topological polar surface area (TPSA) is 17.8 Å². The quantitative estimate of drug-likeness (QED) is 0.768. The molecule has 1 fully saturated rings. The van der Waals surface area contributed by atoms with Gasteiger partial charge in [0, 0.05) is 18.3 Å². The van der Waals surface area contributed by atoms with Crippen LogP contribution in [0.3, 0.4) is 0 Å². The number of aromatic nitrogens is 2. The second kappa shape index (κ2) is 4.18. The third kappa shape index (κ3) is 1.84. The molecule has 1 heterocycles. The summed E-state index contributed by atoms with van der Waals surface area (Å²) in [6.07, 6.45) is 2.03. The third-order valence-electron chi connectivity index (χ3n) is 3.46. The van der Waals surface area contributed by atoms with Gasteiger partial charge in [0.05, 0.1) is 10.5 Å². The molecule has 1 aliphatic carbocycles. The van der Waals surface area contributed by atoms with Gasteiger partial charge in [-0.2, -0.15) is 0 Å². The van der Waals surface area contributed by atoms with Crippen LogP contribution in [0, 0.1) is 5.92 Å². The molecule has 0 bridgehead atoms. The zero-order valence-electron chi connectivity index (χ0n) is 9.66. The van der Waals surface area contributed by atoms with Crippen LogP contribution in [0.5, 0.6) is 0 Å². The van der Waals surface area contributed by atoms with Crippen molar-refractivity contribution in [2.75, 3.05) is 5.88 Å². The van der Waals surface area contributed by atoms with Crippen molar-refractivity contribution < 1.29 is 0 Å². The van der Waals surface area contributed by atoms with E-state index in [4.69, 9.17) is 23.2 Å². The van der Waals surface area contributed by atoms with E-state index < -0.39 is 0 Å². The summed E-state index contributed by atoms with van der Waals surface area (Å²) in [5.74, 6) is 2.40. The fraction of sp³-hybridized carbons (Fsp3) is 0.462. The van der Waals surface area contributed by atoms with Crippen LogP contribution in [0.15, 0.2) is 18.2 Å². The highest BCUT2D eigenvalue weighted by Crippen LogP contribution is 2.45. The fourth-order valence-electron chi connectivity index (χ4n) is 2.42. The maximum absolute atomic E-state index is 6.20. The van der Waals surface area contributed by atoms with E-state index >= 15 is 0 Å². The molecule has 1 aromatic carbocycles. The lowest BCUT2D eigenvalue weighted by Crippen LogP contribution is -2.03. The number of rotatable bonds is 3. The second-order valence-electron chi connectivity index (χ2n) is 4.72. The predicted molar refractivity (Wildman–Crippen MR) is 72.0 cm³/mol. The maximum atomic E-state index is 6.20. The summed E-state index contributed by atoms with van der Waals surface area (Å²) in [5.41, 5.74) is 2.06. The average molecular weight is 269 g/mol. The van der Waals surface area contributed by atoms with Gasteiger partial charge in [0.2, 0.25) is 0 Å². The van der Waals surface area contributed by atoms with E-state index in [1.165, 1.54) is 6.42 Å². The van der Waals surface area contributed by atoms with E-state index in [2.05, 4.69) is 22.5 Å². The Hall–Kier alpha value is -0.730. The normalized spacial score (nSPS) is 23.2. The Labute approximate surface area is 111 Å². The Bertz CT molecular complexity index is 562. The zero-order chi connectivity index (χ0) is 12.0. The Balaban J connectivity index is 2.20. The van der Waals surface area contributed by atoms with Crippen molar-refractivity contribution in [1.29, 1.82) is 0 Å². The van der Waals surface area contributed by atoms with E-state index in [-0.39, 0.29) is 0 Å². The SMILES string of the molecule is CC1CC1n1c(CCCl)nc2c(Cl)cccc21. The third-order valence-corrected chi connectivity index (χ3v) is 3.95. The molecule has 0 N–H and O–H groups in total. The van der Waals surface area contributed by atoms with Gasteiger partial charge in [-0.1, -0.05) is 24.6 Å². The summed E-state index contributed by atoms with van der Waals surface area (Å²) >= 11 is 12.0. The Morgan fingerprint density at radius 1 is 1.47 bits per heavy atom. The molecule has 0 radical (unpaired) electrons. The Morgan fingerprint density at radius 2 is 2.24 bits per heavy atom. The summed E-state index contributed by atoms with van der Waals surface area (Å²) in [5, 5.41) is 0.727. The molecular weight excluding hydrogens is 255 g/mol. The van der Waals surface area contributed by atoms with Gasteiger partial charge < -0.3 is 4.57 Å². The molecule has 3 rings (SSSR count). The van der Waals surface area contributed by atoms with Crippen LogP contribution >= 0.6 is 23.2 Å². The number of nitrogens with zero attached hydrogens (tertiary/aromatic N) is 2. The van der Waals surface area contributed by atoms with Gasteiger partial charge in [0.25, 0.3) is 0 Å². The molecule has 90 valence electrons. The molecule has 0 amide bonds. The van der Waals surface area contributed by atoms with Gasteiger partial charge in [0.15, 0.2) is 0 Å². The van der Waals surface area contributed by atoms with Crippen molar-refractivity contribution >= 4 is 34.2 Å². The predicted octanol–water partition coefficient (Wildman–Crippen LogP) is 4.05. The number of benzene rings is 1. The molecule has 0 spiro atoms. The highest BCUT2D eigenvalue weighted by Gasteiger charge is 2.36. The first kappa shape index (κ1) is 11.4. The van der Waals surface area contributed by atoms with E-state index in [0.717, 1.165) is 34.2 Å². The van der Waals surface area contributed by atoms with Gasteiger partial charge in [-0.15, -0.1) is 11.6 Å². The molecule has 1 saturated carbocycles. The lowest BCUT2D eigenvalue weighted by Gasteiger charge is -2.06. The van der Waals surface area contributed by atoms with Crippen molar-refractivity contribution in [3.63, 3.8) is 0 Å². The first-order valence-corrected chi connectivity index (χ1v) is 6.85. The van der Waals surface area contributed by atoms with Gasteiger partial charge in [-0.05, 0) is 24.5 Å². The second-order valence-corrected chi connectivity index (χ2v) is 5.51. The largest absolute Gasteiger partial charge is 0.325 e. The Morgan fingerprint density at radius 3 is 2.88 bits per heavy atom. The number of hydrogen-bond acceptors (Lipinski definition) is 1. The van der Waals surface area contributed by atoms with Gasteiger partial charge in [-0.25, -0.2) is 4.98 Å². The van der Waals surface area contributed by atoms with E-state index in [1.54, 1.807) is 0 Å². The van der Waals surface area contributed by atoms with Gasteiger partial charge in [-0.3, -0.25) is 0 Å². The summed E-state index contributed by atoms with van der Waals surface area (Å²) in [7, 11) is 0. The van der Waals surface area contributed by atoms with Crippen LogP contribution < -0.4 is 0 Å². The average Bonchev–Trinajstić information content (AvgIpc) is 2.89. The Kier molecular flexibility index (Phi) is 2.80. The molecule has 0 saturated heterocycles. The van der Waals surface area contributed by atoms with Crippen molar-refractivity contribution in [2.45, 2.75) is 25.8 Å². The minimum absolute atomic E-state index is 0.580. The number of imidazole rings is 1. The van der Waals surface area contributed by atoms with E-state index in [0.29, 0.717) is 11.9 Å². The standard InChI is InChI=1S/C13H14Cl2N2/c1-8-7-11(8)17-10-4-2-3-9(15)13(10)16-12(17)5-6-14/h2-4,8,11H,5-7H2,1H3. The molecule has 17 heavy (non-hydrogen) atoms. The molecule has 4 heteroatoms. The molecule has 2 atom stereocenters. The first-order valence-electron chi connectivity index (χ1n) is 5.93. The van der Waals surface area contributed by atoms with Gasteiger partial charge >= 0.3 is 0 Å². The number of halogens is 2. The fourth-order valence-corrected chi connectivity index (χ4v) is 2.81. The summed E-state index contributed by atoms with van der Waals surface area (Å²) in [6, 6.07) is 6.55. The lowest BCUT2D eigenvalue weighted by molar-refractivity contribution is 0.665. The number of hydrogen-bond donors (Lipinski definition) is 0. The van der Waals surface area contributed by atoms with Crippen LogP contribution in [-0.4, -0.2) is 15.4 Å². The minimum Gasteiger partial charge on any atom is -0.325 e. The van der Waals surface area contributed by atoms with E-state index in [1.807, 2.05) is 12.1 Å². The first-order chi connectivity index (χ1) is 8.22. The monoisotopic (exact) mass is 268 g/mol. The van der Waals surface area contributed by atoms with Crippen LogP contribution in [0.2, 0.25) is 5.02 Å². The lowest BCUT2D eigenvalue weighted by atomic mass is 10.3. The number of alkyl halides is 1. The van der Waals surface area contributed by atoms with Crippen LogP contribution in [0.4, 0.5) is 0 Å². The zero-order valence-corrected chi connectivity index (χ0v) is 11.2. The molecular formula is C13H14Cl2N2. The molecule has 2 unspecified atom stereocenters. The summed E-state index contributed by atoms with van der Waals surface area (Å²) in [4.78, 5) is 4.64. The number of para-hydroxylation sites is 1. The van der Waals surface area contributed by atoms with Gasteiger partial charge in [0.1, 0.15) is 11.3 Å². The number of aryl methyl sites for hydroxylation is 1. The van der Waals surface area contributed by atoms with Crippen LogP contribution in [0.1, 0.15) is 25.2 Å². The molecule has 1 aromatic heterocycles. The van der Waals surface area contributed by atoms with Crippen molar-refractivity contribution in [3.8, 4) is 0 Å². The van der Waals surface area contributed by atoms with Crippen LogP contribution in [-0.2, 0) is 6.42 Å². The minimum atomic E-state index is 0.580. The molecule has 1 aliphatic rings. The van der Waals surface area contributed by atoms with E-state index in [9.17, 15) is 0 Å². The highest BCUT2D eigenvalue weighted by atomic mass is 35.5. The van der Waals surface area contributed by atoms with Crippen molar-refractivity contribution in [3.05, 3.63) is 29.0 Å². The maximum Gasteiger partial charge on any atom is 0.111 e. The molecule has 0 aliphatic heterocycles. The molecule has 2 nitrogen and oxygen atoms in total. The summed E-state index contributed by atoms with van der Waals surface area (Å²) < 4.78 is 2.33. The smallest absolute Gasteiger partial charge is 0.111 e. The summed E-state index contributed by atoms with van der Waals surface area (Å²) in [6.45, 7) is 2.27. The van der Waals surface area contributed by atoms with Crippen molar-refractivity contribution in [2.24, 2.45) is 5.92 Å². The van der Waals surface area contributed by atoms with Crippen molar-refractivity contribution in [1.82, 2.24) is 9.55 Å².